The van der Waals surface area contributed by atoms with Crippen LogP contribution in [0.3, 0.4) is 0 Å². The van der Waals surface area contributed by atoms with Gasteiger partial charge in [0.25, 0.3) is 0 Å². The van der Waals surface area contributed by atoms with Gasteiger partial charge in [-0.2, -0.15) is 0 Å². The summed E-state index contributed by atoms with van der Waals surface area (Å²) in [7, 11) is 0. The van der Waals surface area contributed by atoms with E-state index in [2.05, 4.69) is 185 Å². The highest BCUT2D eigenvalue weighted by atomic mass is 15.0. The van der Waals surface area contributed by atoms with Crippen molar-refractivity contribution in [2.24, 2.45) is 0 Å². The van der Waals surface area contributed by atoms with Gasteiger partial charge in [-0.05, 0) is 113 Å². The molecule has 0 saturated carbocycles. The van der Waals surface area contributed by atoms with Crippen LogP contribution >= 0.6 is 0 Å². The fraction of sp³-hybridized carbons (Fsp3) is 0.0204. The second-order valence-electron chi connectivity index (χ2n) is 12.9. The largest absolute Gasteiger partial charge is 0.309 e. The molecule has 0 fully saturated rings. The van der Waals surface area contributed by atoms with Gasteiger partial charge in [-0.3, -0.25) is 0 Å². The van der Waals surface area contributed by atoms with E-state index in [0.717, 1.165) is 22.5 Å². The maximum atomic E-state index is 5.53. The molecule has 0 aliphatic heterocycles. The maximum absolute atomic E-state index is 5.53. The van der Waals surface area contributed by atoms with Crippen molar-refractivity contribution in [2.45, 2.75) is 6.92 Å². The predicted octanol–water partition coefficient (Wildman–Crippen LogP) is 12.8. The molecule has 0 aliphatic rings. The predicted molar refractivity (Wildman–Crippen MR) is 218 cm³/mol. The van der Waals surface area contributed by atoms with Crippen molar-refractivity contribution in [2.75, 3.05) is 0 Å². The van der Waals surface area contributed by atoms with Gasteiger partial charge in [-0.25, -0.2) is 0 Å². The van der Waals surface area contributed by atoms with E-state index in [1.807, 2.05) is 13.0 Å². The molecule has 0 radical (unpaired) electrons. The average molecular weight is 651 g/mol. The van der Waals surface area contributed by atoms with Gasteiger partial charge < -0.3 is 9.13 Å². The van der Waals surface area contributed by atoms with Crippen LogP contribution in [0, 0.1) is 12.3 Å². The lowest BCUT2D eigenvalue weighted by atomic mass is 10.0. The molecule has 7 aromatic carbocycles. The Kier molecular flexibility index (Phi) is 7.46. The lowest BCUT2D eigenvalue weighted by Crippen LogP contribution is -1.95. The van der Waals surface area contributed by atoms with Crippen molar-refractivity contribution in [1.29, 1.82) is 0 Å². The highest BCUT2D eigenvalue weighted by Gasteiger charge is 2.16. The van der Waals surface area contributed by atoms with E-state index in [4.69, 9.17) is 6.42 Å². The molecular weight excluding hydrogens is 617 g/mol. The number of para-hydroxylation sites is 2. The minimum atomic E-state index is 1.10. The first-order valence-corrected chi connectivity index (χ1v) is 17.3. The van der Waals surface area contributed by atoms with Crippen LogP contribution in [-0.4, -0.2) is 9.13 Å². The summed E-state index contributed by atoms with van der Waals surface area (Å²) in [5.41, 5.74) is 14.1. The molecule has 0 unspecified atom stereocenters. The first kappa shape index (κ1) is 30.3. The number of nitrogens with zero attached hydrogens (tertiary/aromatic N) is 2. The first-order valence-electron chi connectivity index (χ1n) is 17.3. The van der Waals surface area contributed by atoms with E-state index in [-0.39, 0.29) is 0 Å². The molecule has 0 aliphatic carbocycles. The van der Waals surface area contributed by atoms with Gasteiger partial charge >= 0.3 is 0 Å². The summed E-state index contributed by atoms with van der Waals surface area (Å²) in [6, 6.07) is 59.4. The zero-order chi connectivity index (χ0) is 34.3. The van der Waals surface area contributed by atoms with E-state index in [1.165, 1.54) is 65.9 Å². The molecular formula is C49H34N2. The highest BCUT2D eigenvalue weighted by Crippen LogP contribution is 2.39. The Bertz CT molecular complexity index is 2870. The second kappa shape index (κ2) is 12.6. The van der Waals surface area contributed by atoms with E-state index < -0.39 is 0 Å². The molecule has 0 saturated heterocycles. The number of hydrogen-bond acceptors (Lipinski definition) is 0. The Labute approximate surface area is 297 Å². The molecule has 0 spiro atoms. The molecule has 9 aromatic rings. The number of aromatic nitrogens is 2. The topological polar surface area (TPSA) is 9.86 Å². The SMILES string of the molecule is C#C/C=C\C(=C/C)c1cccc(-n2c3ccccc3c3cc(-c4ccc5c(c4)c4ccccc4n5-c4cccc(-c5ccccc5)c4)ccc32)c1. The number of fused-ring (bicyclic) bond motifs is 6. The molecule has 240 valence electrons. The number of rotatable bonds is 6. The van der Waals surface area contributed by atoms with Gasteiger partial charge in [0.2, 0.25) is 0 Å². The lowest BCUT2D eigenvalue weighted by molar-refractivity contribution is 1.18. The van der Waals surface area contributed by atoms with Crippen LogP contribution in [0.2, 0.25) is 0 Å². The van der Waals surface area contributed by atoms with Crippen LogP contribution in [-0.2, 0) is 0 Å². The summed E-state index contributed by atoms with van der Waals surface area (Å²) in [6.07, 6.45) is 11.4. The Morgan fingerprint density at radius 3 is 1.59 bits per heavy atom. The summed E-state index contributed by atoms with van der Waals surface area (Å²) >= 11 is 0. The van der Waals surface area contributed by atoms with Gasteiger partial charge in [0.05, 0.1) is 22.1 Å². The van der Waals surface area contributed by atoms with Crippen molar-refractivity contribution in [1.82, 2.24) is 9.13 Å². The third-order valence-corrected chi connectivity index (χ3v) is 10.00. The second-order valence-corrected chi connectivity index (χ2v) is 12.9. The Morgan fingerprint density at radius 1 is 0.471 bits per heavy atom. The molecule has 9 rings (SSSR count). The van der Waals surface area contributed by atoms with Gasteiger partial charge in [-0.1, -0.05) is 115 Å². The van der Waals surface area contributed by atoms with Gasteiger partial charge in [0.1, 0.15) is 0 Å². The lowest BCUT2D eigenvalue weighted by Gasteiger charge is -2.11. The van der Waals surface area contributed by atoms with Gasteiger partial charge in [-0.15, -0.1) is 6.42 Å². The quantitative estimate of drug-likeness (QED) is 0.125. The molecule has 0 atom stereocenters. The van der Waals surface area contributed by atoms with E-state index in [1.54, 1.807) is 6.08 Å². The molecule has 0 N–H and O–H groups in total. The Morgan fingerprint density at radius 2 is 0.980 bits per heavy atom. The molecule has 0 amide bonds. The molecule has 51 heavy (non-hydrogen) atoms. The van der Waals surface area contributed by atoms with Crippen LogP contribution in [0.4, 0.5) is 0 Å². The van der Waals surface area contributed by atoms with Crippen molar-refractivity contribution in [3.63, 3.8) is 0 Å². The van der Waals surface area contributed by atoms with Crippen molar-refractivity contribution >= 4 is 49.2 Å². The third kappa shape index (κ3) is 5.16. The first-order chi connectivity index (χ1) is 25.2. The van der Waals surface area contributed by atoms with Crippen LogP contribution in [0.1, 0.15) is 12.5 Å². The normalized spacial score (nSPS) is 12.0. The summed E-state index contributed by atoms with van der Waals surface area (Å²) in [4.78, 5) is 0. The molecule has 2 nitrogen and oxygen atoms in total. The minimum absolute atomic E-state index is 1.10. The summed E-state index contributed by atoms with van der Waals surface area (Å²) in [5.74, 6) is 2.62. The van der Waals surface area contributed by atoms with E-state index in [0.29, 0.717) is 0 Å². The van der Waals surface area contributed by atoms with Gasteiger partial charge in [0.15, 0.2) is 0 Å². The van der Waals surface area contributed by atoms with Crippen molar-refractivity contribution in [3.05, 3.63) is 188 Å². The number of hydrogen-bond donors (Lipinski definition) is 0. The number of terminal acetylenes is 1. The molecule has 0 bridgehead atoms. The molecule has 2 aromatic heterocycles. The summed E-state index contributed by atoms with van der Waals surface area (Å²) in [6.45, 7) is 2.05. The fourth-order valence-corrected chi connectivity index (χ4v) is 7.64. The monoisotopic (exact) mass is 650 g/mol. The van der Waals surface area contributed by atoms with Crippen LogP contribution in [0.25, 0.3) is 82.8 Å². The maximum Gasteiger partial charge on any atom is 0.0541 e. The van der Waals surface area contributed by atoms with Gasteiger partial charge in [0, 0.05) is 32.9 Å². The highest BCUT2D eigenvalue weighted by molar-refractivity contribution is 6.12. The summed E-state index contributed by atoms with van der Waals surface area (Å²) < 4.78 is 4.77. The zero-order valence-corrected chi connectivity index (χ0v) is 28.3. The smallest absolute Gasteiger partial charge is 0.0541 e. The van der Waals surface area contributed by atoms with Crippen LogP contribution in [0.5, 0.6) is 0 Å². The Balaban J connectivity index is 1.18. The summed E-state index contributed by atoms with van der Waals surface area (Å²) in [5, 5.41) is 4.95. The van der Waals surface area contributed by atoms with Crippen LogP contribution < -0.4 is 0 Å². The van der Waals surface area contributed by atoms with Crippen molar-refractivity contribution in [3.8, 4) is 46.0 Å². The molecule has 2 heterocycles. The van der Waals surface area contributed by atoms with E-state index in [9.17, 15) is 0 Å². The van der Waals surface area contributed by atoms with Crippen molar-refractivity contribution < 1.29 is 0 Å². The standard InChI is InChI=1S/C49H34N2/c1-3-5-15-34(4-2)36-18-13-20-40(30-36)50-46-24-11-9-22-42(46)44-32-38(26-28-48(44)50)39-27-29-49-45(33-39)43-23-10-12-25-47(43)51(49)41-21-14-19-37(31-41)35-16-7-6-8-17-35/h1,4-33H,2H3/b15-5-,34-4+. The molecule has 2 heteroatoms. The minimum Gasteiger partial charge on any atom is -0.309 e. The number of benzene rings is 7. The Hall–Kier alpha value is -6.82. The van der Waals surface area contributed by atoms with Crippen LogP contribution in [0.15, 0.2) is 182 Å². The average Bonchev–Trinajstić information content (AvgIpc) is 3.71. The van der Waals surface area contributed by atoms with E-state index >= 15 is 0 Å². The zero-order valence-electron chi connectivity index (χ0n) is 28.3. The number of allylic oxidation sites excluding steroid dienone is 4. The fourth-order valence-electron chi connectivity index (χ4n) is 7.64. The third-order valence-electron chi connectivity index (χ3n) is 10.00.